The lowest BCUT2D eigenvalue weighted by molar-refractivity contribution is -0.154. The minimum Gasteiger partial charge on any atom is -0.457 e. The van der Waals surface area contributed by atoms with Gasteiger partial charge in [0.05, 0.1) is 26.4 Å². The van der Waals surface area contributed by atoms with Crippen molar-refractivity contribution in [1.29, 1.82) is 0 Å². The second kappa shape index (κ2) is 46.4. The van der Waals surface area contributed by atoms with E-state index in [9.17, 15) is 19.4 Å². The maximum Gasteiger partial charge on any atom is 0.472 e. The molecule has 0 aliphatic rings. The molecule has 350 valence electrons. The SMILES string of the molecule is CCCCCCCC/C=C\CCCCCCCCCCCC(=O)OC(COCCCCCCCCCC/C=C\CCCCCCCCC)COP(=O)(O)OCC(O)CO. The first kappa shape index (κ1) is 57.9. The van der Waals surface area contributed by atoms with E-state index in [1.165, 1.54) is 180 Å². The number of aliphatic hydroxyl groups is 2. The number of rotatable bonds is 48. The maximum absolute atomic E-state index is 12.7. The highest BCUT2D eigenvalue weighted by Crippen LogP contribution is 2.43. The van der Waals surface area contributed by atoms with Gasteiger partial charge in [-0.15, -0.1) is 0 Å². The average molecular weight is 859 g/mol. The monoisotopic (exact) mass is 859 g/mol. The van der Waals surface area contributed by atoms with Crippen molar-refractivity contribution in [3.05, 3.63) is 24.3 Å². The Hall–Kier alpha value is -1.06. The molecule has 0 radical (unpaired) electrons. The molecule has 0 aromatic rings. The number of hydrogen-bond donors (Lipinski definition) is 3. The molecule has 0 bridgehead atoms. The van der Waals surface area contributed by atoms with Crippen LogP contribution in [0.4, 0.5) is 0 Å². The average Bonchev–Trinajstić information content (AvgIpc) is 3.23. The number of unbranched alkanes of at least 4 members (excludes halogenated alkanes) is 30. The molecule has 0 spiro atoms. The molecule has 0 heterocycles. The Morgan fingerprint density at radius 3 is 1.27 bits per heavy atom. The van der Waals surface area contributed by atoms with Gasteiger partial charge in [-0.05, 0) is 64.2 Å². The van der Waals surface area contributed by atoms with Gasteiger partial charge in [-0.3, -0.25) is 13.8 Å². The highest BCUT2D eigenvalue weighted by atomic mass is 31.2. The zero-order valence-corrected chi connectivity index (χ0v) is 39.4. The van der Waals surface area contributed by atoms with Gasteiger partial charge in [0.15, 0.2) is 0 Å². The van der Waals surface area contributed by atoms with Gasteiger partial charge in [-0.25, -0.2) is 4.57 Å². The summed E-state index contributed by atoms with van der Waals surface area (Å²) >= 11 is 0. The van der Waals surface area contributed by atoms with Gasteiger partial charge in [-0.1, -0.05) is 192 Å². The fraction of sp³-hybridized carbons (Fsp3) is 0.898. The van der Waals surface area contributed by atoms with Crippen molar-refractivity contribution in [1.82, 2.24) is 0 Å². The van der Waals surface area contributed by atoms with E-state index in [0.29, 0.717) is 6.61 Å². The van der Waals surface area contributed by atoms with Gasteiger partial charge in [0.1, 0.15) is 12.2 Å². The summed E-state index contributed by atoms with van der Waals surface area (Å²) in [6.07, 6.45) is 49.9. The van der Waals surface area contributed by atoms with Crippen molar-refractivity contribution in [3.63, 3.8) is 0 Å². The number of phosphoric acid groups is 1. The molecule has 0 aliphatic heterocycles. The lowest BCUT2D eigenvalue weighted by atomic mass is 10.1. The van der Waals surface area contributed by atoms with Gasteiger partial charge in [0, 0.05) is 13.0 Å². The van der Waals surface area contributed by atoms with Crippen molar-refractivity contribution in [2.24, 2.45) is 0 Å². The van der Waals surface area contributed by atoms with Crippen molar-refractivity contribution >= 4 is 13.8 Å². The van der Waals surface area contributed by atoms with E-state index in [4.69, 9.17) is 23.6 Å². The number of carbonyl (C=O) groups is 1. The quantitative estimate of drug-likeness (QED) is 0.0237. The summed E-state index contributed by atoms with van der Waals surface area (Å²) in [5.41, 5.74) is 0. The van der Waals surface area contributed by atoms with Crippen LogP contribution in [0.3, 0.4) is 0 Å². The number of ether oxygens (including phenoxy) is 2. The summed E-state index contributed by atoms with van der Waals surface area (Å²) in [5.74, 6) is -0.382. The van der Waals surface area contributed by atoms with Crippen molar-refractivity contribution in [2.75, 3.05) is 33.0 Å². The number of aliphatic hydroxyl groups excluding tert-OH is 2. The Morgan fingerprint density at radius 1 is 0.508 bits per heavy atom. The summed E-state index contributed by atoms with van der Waals surface area (Å²) in [6.45, 7) is 3.55. The van der Waals surface area contributed by atoms with Gasteiger partial charge in [-0.2, -0.15) is 0 Å². The summed E-state index contributed by atoms with van der Waals surface area (Å²) in [7, 11) is -4.52. The third kappa shape index (κ3) is 46.3. The first-order chi connectivity index (χ1) is 28.8. The normalized spacial score (nSPS) is 14.1. The van der Waals surface area contributed by atoms with Crippen LogP contribution >= 0.6 is 7.82 Å². The summed E-state index contributed by atoms with van der Waals surface area (Å²) in [4.78, 5) is 22.7. The topological polar surface area (TPSA) is 132 Å². The van der Waals surface area contributed by atoms with E-state index < -0.39 is 33.2 Å². The molecule has 59 heavy (non-hydrogen) atoms. The first-order valence-electron chi connectivity index (χ1n) is 24.8. The van der Waals surface area contributed by atoms with Crippen LogP contribution in [0.5, 0.6) is 0 Å². The number of allylic oxidation sites excluding steroid dienone is 4. The lowest BCUT2D eigenvalue weighted by Crippen LogP contribution is -2.29. The van der Waals surface area contributed by atoms with E-state index >= 15 is 0 Å². The molecule has 0 fully saturated rings. The Balaban J connectivity index is 4.08. The zero-order valence-electron chi connectivity index (χ0n) is 38.5. The maximum atomic E-state index is 12.7. The number of carbonyl (C=O) groups excluding carboxylic acids is 1. The van der Waals surface area contributed by atoms with E-state index in [1.54, 1.807) is 0 Å². The van der Waals surface area contributed by atoms with Crippen LogP contribution in [-0.2, 0) is 27.9 Å². The lowest BCUT2D eigenvalue weighted by Gasteiger charge is -2.20. The van der Waals surface area contributed by atoms with Crippen LogP contribution in [0.15, 0.2) is 24.3 Å². The second-order valence-electron chi connectivity index (χ2n) is 16.8. The third-order valence-corrected chi connectivity index (χ3v) is 11.8. The highest BCUT2D eigenvalue weighted by molar-refractivity contribution is 7.47. The van der Waals surface area contributed by atoms with Gasteiger partial charge < -0.3 is 24.6 Å². The van der Waals surface area contributed by atoms with Crippen molar-refractivity contribution in [3.8, 4) is 0 Å². The van der Waals surface area contributed by atoms with E-state index in [0.717, 1.165) is 38.5 Å². The summed E-state index contributed by atoms with van der Waals surface area (Å²) in [5, 5.41) is 18.4. The molecule has 0 aromatic heterocycles. The zero-order chi connectivity index (χ0) is 43.2. The van der Waals surface area contributed by atoms with E-state index in [1.807, 2.05) is 0 Å². The van der Waals surface area contributed by atoms with Crippen LogP contribution in [0, 0.1) is 0 Å². The fourth-order valence-corrected chi connectivity index (χ4v) is 7.84. The number of phosphoric ester groups is 1. The van der Waals surface area contributed by atoms with Crippen LogP contribution < -0.4 is 0 Å². The molecule has 0 aliphatic carbocycles. The Morgan fingerprint density at radius 2 is 0.864 bits per heavy atom. The third-order valence-electron chi connectivity index (χ3n) is 10.9. The molecule has 3 atom stereocenters. The van der Waals surface area contributed by atoms with Crippen molar-refractivity contribution < 1.29 is 43.0 Å². The van der Waals surface area contributed by atoms with Crippen LogP contribution in [-0.4, -0.2) is 66.3 Å². The molecule has 0 rings (SSSR count). The molecule has 0 aromatic carbocycles. The van der Waals surface area contributed by atoms with Crippen LogP contribution in [0.25, 0.3) is 0 Å². The fourth-order valence-electron chi connectivity index (χ4n) is 7.05. The van der Waals surface area contributed by atoms with E-state index in [2.05, 4.69) is 38.2 Å². The minimum atomic E-state index is -4.52. The van der Waals surface area contributed by atoms with Crippen molar-refractivity contribution in [2.45, 2.75) is 251 Å². The molecular formula is C49H95O9P. The number of hydrogen-bond acceptors (Lipinski definition) is 8. The summed E-state index contributed by atoms with van der Waals surface area (Å²) < 4.78 is 33.5. The number of esters is 1. The molecule has 0 amide bonds. The molecule has 9 nitrogen and oxygen atoms in total. The van der Waals surface area contributed by atoms with Gasteiger partial charge >= 0.3 is 13.8 Å². The summed E-state index contributed by atoms with van der Waals surface area (Å²) in [6, 6.07) is 0. The Labute approximate surface area is 363 Å². The van der Waals surface area contributed by atoms with Gasteiger partial charge in [0.2, 0.25) is 0 Å². The Kier molecular flexibility index (Phi) is 45.6. The highest BCUT2D eigenvalue weighted by Gasteiger charge is 2.26. The molecular weight excluding hydrogens is 764 g/mol. The molecule has 3 N–H and O–H groups in total. The van der Waals surface area contributed by atoms with Crippen LogP contribution in [0.1, 0.15) is 239 Å². The molecule has 10 heteroatoms. The molecule has 0 saturated heterocycles. The van der Waals surface area contributed by atoms with E-state index in [-0.39, 0.29) is 25.6 Å². The molecule has 3 unspecified atom stereocenters. The largest absolute Gasteiger partial charge is 0.472 e. The predicted molar refractivity (Wildman–Crippen MR) is 247 cm³/mol. The predicted octanol–water partition coefficient (Wildman–Crippen LogP) is 14.2. The minimum absolute atomic E-state index is 0.0496. The van der Waals surface area contributed by atoms with Crippen LogP contribution in [0.2, 0.25) is 0 Å². The standard InChI is InChI=1S/C49H95O9P/c1-3-5-7-9-11-13-15-17-19-21-23-25-27-29-31-33-35-37-39-41-49(52)58-48(46-57-59(53,54)56-44-47(51)43-50)45-55-42-40-38-36-34-32-30-28-26-24-22-20-18-16-14-12-10-8-6-4-2/h17,19-20,22,47-48,50-51H,3-16,18,21,23-46H2,1-2H3,(H,53,54)/b19-17-,22-20-. The molecule has 0 saturated carbocycles. The smallest absolute Gasteiger partial charge is 0.457 e. The second-order valence-corrected chi connectivity index (χ2v) is 18.3. The first-order valence-corrected chi connectivity index (χ1v) is 26.3. The Bertz CT molecular complexity index is 975. The van der Waals surface area contributed by atoms with Gasteiger partial charge in [0.25, 0.3) is 0 Å².